The van der Waals surface area contributed by atoms with Gasteiger partial charge >= 0.3 is 5.97 Å². The van der Waals surface area contributed by atoms with Crippen LogP contribution in [0.4, 0.5) is 5.69 Å². The molecule has 6 heteroatoms. The Bertz CT molecular complexity index is 810. The number of para-hydroxylation sites is 1. The lowest BCUT2D eigenvalue weighted by Gasteiger charge is -2.12. The number of hydrogen-bond acceptors (Lipinski definition) is 4. The van der Waals surface area contributed by atoms with Crippen molar-refractivity contribution in [3.8, 4) is 0 Å². The molecule has 0 saturated carbocycles. The Morgan fingerprint density at radius 3 is 2.12 bits per heavy atom. The quantitative estimate of drug-likeness (QED) is 0.781. The van der Waals surface area contributed by atoms with Crippen LogP contribution in [0.25, 0.3) is 0 Å². The number of esters is 1. The molecule has 0 bridgehead atoms. The fourth-order valence-corrected chi connectivity index (χ4v) is 2.44. The smallest absolute Gasteiger partial charge is 0.338 e. The number of carbonyl (C=O) groups is 3. The maximum atomic E-state index is 12.0. The van der Waals surface area contributed by atoms with E-state index in [1.165, 1.54) is 0 Å². The first-order valence-corrected chi connectivity index (χ1v) is 8.24. The van der Waals surface area contributed by atoms with E-state index in [2.05, 4.69) is 10.6 Å². The van der Waals surface area contributed by atoms with Gasteiger partial charge < -0.3 is 15.4 Å². The molecule has 26 heavy (non-hydrogen) atoms. The minimum absolute atomic E-state index is 0.200. The number of benzene rings is 2. The van der Waals surface area contributed by atoms with E-state index in [1.807, 2.05) is 38.1 Å². The van der Waals surface area contributed by atoms with E-state index < -0.39 is 18.5 Å². The molecule has 6 nitrogen and oxygen atoms in total. The first kappa shape index (κ1) is 19.2. The molecule has 0 aliphatic heterocycles. The molecule has 0 aliphatic rings. The molecule has 0 spiro atoms. The predicted octanol–water partition coefficient (Wildman–Crippen LogP) is 2.52. The maximum Gasteiger partial charge on any atom is 0.338 e. The third-order valence-electron chi connectivity index (χ3n) is 3.89. The van der Waals surface area contributed by atoms with Crippen LogP contribution in [0.3, 0.4) is 0 Å². The standard InChI is InChI=1S/C20H22N2O4/c1-13-7-4-5-10-16(13)20(25)26-12-18(24)21-11-17(23)22-19-14(2)8-6-9-15(19)3/h4-10H,11-12H2,1-3H3,(H,21,24)(H,22,23). The zero-order chi connectivity index (χ0) is 19.1. The summed E-state index contributed by atoms with van der Waals surface area (Å²) in [7, 11) is 0. The monoisotopic (exact) mass is 354 g/mol. The summed E-state index contributed by atoms with van der Waals surface area (Å²) >= 11 is 0. The van der Waals surface area contributed by atoms with Crippen LogP contribution in [0.2, 0.25) is 0 Å². The van der Waals surface area contributed by atoms with Gasteiger partial charge in [0, 0.05) is 5.69 Å². The molecule has 136 valence electrons. The van der Waals surface area contributed by atoms with E-state index in [0.29, 0.717) is 5.56 Å². The molecular formula is C20H22N2O4. The second kappa shape index (κ2) is 8.80. The van der Waals surface area contributed by atoms with Crippen LogP contribution in [0.5, 0.6) is 0 Å². The minimum Gasteiger partial charge on any atom is -0.452 e. The summed E-state index contributed by atoms with van der Waals surface area (Å²) in [6.45, 7) is 4.94. The molecule has 0 fully saturated rings. The van der Waals surface area contributed by atoms with E-state index in [0.717, 1.165) is 22.4 Å². The summed E-state index contributed by atoms with van der Waals surface area (Å²) in [6.07, 6.45) is 0. The van der Waals surface area contributed by atoms with Gasteiger partial charge in [-0.3, -0.25) is 9.59 Å². The number of ether oxygens (including phenoxy) is 1. The van der Waals surface area contributed by atoms with Gasteiger partial charge in [0.25, 0.3) is 5.91 Å². The van der Waals surface area contributed by atoms with Crippen molar-refractivity contribution in [2.45, 2.75) is 20.8 Å². The molecule has 2 aromatic rings. The fraction of sp³-hybridized carbons (Fsp3) is 0.250. The molecule has 0 saturated heterocycles. The summed E-state index contributed by atoms with van der Waals surface area (Å²) in [5.41, 5.74) is 3.80. The van der Waals surface area contributed by atoms with Gasteiger partial charge in [0.1, 0.15) is 0 Å². The van der Waals surface area contributed by atoms with E-state index in [1.54, 1.807) is 25.1 Å². The molecule has 2 amide bonds. The molecule has 0 heterocycles. The van der Waals surface area contributed by atoms with Crippen molar-refractivity contribution in [1.82, 2.24) is 5.32 Å². The van der Waals surface area contributed by atoms with Gasteiger partial charge in [0.15, 0.2) is 6.61 Å². The second-order valence-corrected chi connectivity index (χ2v) is 5.98. The lowest BCUT2D eigenvalue weighted by atomic mass is 10.1. The molecule has 2 N–H and O–H groups in total. The zero-order valence-corrected chi connectivity index (χ0v) is 15.1. The van der Waals surface area contributed by atoms with Crippen LogP contribution in [0.1, 0.15) is 27.0 Å². The number of rotatable bonds is 6. The highest BCUT2D eigenvalue weighted by molar-refractivity contribution is 5.96. The van der Waals surface area contributed by atoms with Gasteiger partial charge in [-0.05, 0) is 43.5 Å². The van der Waals surface area contributed by atoms with Gasteiger partial charge in [0.05, 0.1) is 12.1 Å². The van der Waals surface area contributed by atoms with E-state index in [-0.39, 0.29) is 12.5 Å². The van der Waals surface area contributed by atoms with Gasteiger partial charge in [-0.1, -0.05) is 36.4 Å². The average molecular weight is 354 g/mol. The van der Waals surface area contributed by atoms with Crippen LogP contribution in [0.15, 0.2) is 42.5 Å². The third kappa shape index (κ3) is 5.17. The number of nitrogens with one attached hydrogen (secondary N) is 2. The Hall–Kier alpha value is -3.15. The average Bonchev–Trinajstić information content (AvgIpc) is 2.61. The summed E-state index contributed by atoms with van der Waals surface area (Å²) in [6, 6.07) is 12.7. The molecule has 0 aliphatic carbocycles. The van der Waals surface area contributed by atoms with Crippen molar-refractivity contribution in [2.24, 2.45) is 0 Å². The van der Waals surface area contributed by atoms with Gasteiger partial charge in [-0.25, -0.2) is 4.79 Å². The number of carbonyl (C=O) groups excluding carboxylic acids is 3. The Labute approximate surface area is 152 Å². The van der Waals surface area contributed by atoms with Gasteiger partial charge in [-0.15, -0.1) is 0 Å². The summed E-state index contributed by atoms with van der Waals surface area (Å²) in [5, 5.41) is 5.21. The summed E-state index contributed by atoms with van der Waals surface area (Å²) in [5.74, 6) is -1.46. The van der Waals surface area contributed by atoms with Crippen molar-refractivity contribution in [2.75, 3.05) is 18.5 Å². The van der Waals surface area contributed by atoms with Gasteiger partial charge in [0.2, 0.25) is 5.91 Å². The van der Waals surface area contributed by atoms with Crippen LogP contribution in [-0.2, 0) is 14.3 Å². The molecule has 0 unspecified atom stereocenters. The first-order chi connectivity index (χ1) is 12.4. The van der Waals surface area contributed by atoms with Crippen molar-refractivity contribution in [1.29, 1.82) is 0 Å². The Balaban J connectivity index is 1.79. The molecule has 2 aromatic carbocycles. The molecule has 0 atom stereocenters. The Morgan fingerprint density at radius 1 is 0.846 bits per heavy atom. The van der Waals surface area contributed by atoms with E-state index in [4.69, 9.17) is 4.74 Å². The number of anilines is 1. The molecule has 2 rings (SSSR count). The lowest BCUT2D eigenvalue weighted by Crippen LogP contribution is -2.35. The van der Waals surface area contributed by atoms with Crippen LogP contribution >= 0.6 is 0 Å². The fourth-order valence-electron chi connectivity index (χ4n) is 2.44. The Kier molecular flexibility index (Phi) is 6.49. The summed E-state index contributed by atoms with van der Waals surface area (Å²) in [4.78, 5) is 35.7. The van der Waals surface area contributed by atoms with Gasteiger partial charge in [-0.2, -0.15) is 0 Å². The number of hydrogen-bond donors (Lipinski definition) is 2. The maximum absolute atomic E-state index is 12.0. The zero-order valence-electron chi connectivity index (χ0n) is 15.1. The molecule has 0 radical (unpaired) electrons. The molecular weight excluding hydrogens is 332 g/mol. The van der Waals surface area contributed by atoms with Crippen molar-refractivity contribution < 1.29 is 19.1 Å². The number of aryl methyl sites for hydroxylation is 3. The lowest BCUT2D eigenvalue weighted by molar-refractivity contribution is -0.126. The normalized spacial score (nSPS) is 10.1. The third-order valence-corrected chi connectivity index (χ3v) is 3.89. The number of amides is 2. The predicted molar refractivity (Wildman–Crippen MR) is 99.0 cm³/mol. The van der Waals surface area contributed by atoms with Crippen LogP contribution in [-0.4, -0.2) is 30.9 Å². The second-order valence-electron chi connectivity index (χ2n) is 5.98. The summed E-state index contributed by atoms with van der Waals surface area (Å²) < 4.78 is 4.98. The highest BCUT2D eigenvalue weighted by atomic mass is 16.5. The minimum atomic E-state index is -0.571. The highest BCUT2D eigenvalue weighted by Gasteiger charge is 2.13. The SMILES string of the molecule is Cc1ccccc1C(=O)OCC(=O)NCC(=O)Nc1c(C)cccc1C. The van der Waals surface area contributed by atoms with Crippen molar-refractivity contribution in [3.63, 3.8) is 0 Å². The van der Waals surface area contributed by atoms with E-state index in [9.17, 15) is 14.4 Å². The molecule has 0 aromatic heterocycles. The van der Waals surface area contributed by atoms with Crippen molar-refractivity contribution >= 4 is 23.5 Å². The largest absolute Gasteiger partial charge is 0.452 e. The van der Waals surface area contributed by atoms with Crippen LogP contribution < -0.4 is 10.6 Å². The van der Waals surface area contributed by atoms with E-state index >= 15 is 0 Å². The topological polar surface area (TPSA) is 84.5 Å². The van der Waals surface area contributed by atoms with Crippen molar-refractivity contribution in [3.05, 3.63) is 64.7 Å². The first-order valence-electron chi connectivity index (χ1n) is 8.24. The highest BCUT2D eigenvalue weighted by Crippen LogP contribution is 2.18. The Morgan fingerprint density at radius 2 is 1.46 bits per heavy atom. The van der Waals surface area contributed by atoms with Crippen LogP contribution in [0, 0.1) is 20.8 Å².